The Morgan fingerprint density at radius 1 is 1.21 bits per heavy atom. The van der Waals surface area contributed by atoms with Crippen LogP contribution in [0.4, 0.5) is 4.79 Å². The van der Waals surface area contributed by atoms with Gasteiger partial charge in [0.1, 0.15) is 5.60 Å². The minimum atomic E-state index is -0.501. The Bertz CT molecular complexity index is 533. The van der Waals surface area contributed by atoms with Gasteiger partial charge in [-0.15, -0.1) is 0 Å². The van der Waals surface area contributed by atoms with E-state index < -0.39 is 11.7 Å². The van der Waals surface area contributed by atoms with E-state index in [-0.39, 0.29) is 11.9 Å². The molecule has 0 unspecified atom stereocenters. The van der Waals surface area contributed by atoms with Gasteiger partial charge in [0.15, 0.2) is 5.78 Å². The third kappa shape index (κ3) is 8.50. The molecule has 0 radical (unpaired) electrons. The van der Waals surface area contributed by atoms with Gasteiger partial charge >= 0.3 is 6.09 Å². The monoisotopic (exact) mass is 336 g/mol. The number of ether oxygens (including phenoxy) is 2. The molecule has 0 saturated carbocycles. The number of nitrogens with one attached hydrogen (secondary N) is 1. The van der Waals surface area contributed by atoms with Crippen molar-refractivity contribution in [2.24, 2.45) is 0 Å². The highest BCUT2D eigenvalue weighted by molar-refractivity contribution is 5.95. The lowest BCUT2D eigenvalue weighted by Gasteiger charge is -2.19. The van der Waals surface area contributed by atoms with Crippen LogP contribution in [-0.4, -0.2) is 35.1 Å². The zero-order valence-electron chi connectivity index (χ0n) is 15.2. The van der Waals surface area contributed by atoms with Crippen molar-refractivity contribution in [1.29, 1.82) is 0 Å². The first kappa shape index (κ1) is 19.9. The lowest BCUT2D eigenvalue weighted by atomic mass is 10.1. The van der Waals surface area contributed by atoms with Gasteiger partial charge < -0.3 is 14.8 Å². The number of alkyl carbamates (subject to hydrolysis) is 1. The first-order chi connectivity index (χ1) is 11.2. The highest BCUT2D eigenvalue weighted by Gasteiger charge is 2.15. The van der Waals surface area contributed by atoms with Crippen LogP contribution in [0.25, 0.3) is 0 Å². The molecule has 0 atom stereocenters. The van der Waals surface area contributed by atoms with Gasteiger partial charge in [-0.05, 0) is 53.5 Å². The van der Waals surface area contributed by atoms with Gasteiger partial charge in [0.25, 0.3) is 0 Å². The van der Waals surface area contributed by atoms with Gasteiger partial charge in [-0.2, -0.15) is 0 Å². The average molecular weight is 336 g/mol. The second kappa shape index (κ2) is 9.25. The van der Waals surface area contributed by atoms with Crippen LogP contribution in [-0.2, 0) is 4.74 Å². The maximum atomic E-state index is 12.1. The van der Waals surface area contributed by atoms with Crippen LogP contribution < -0.4 is 10.1 Å². The number of Topliss-reactive ketones (excluding diaryl/α,β-unsaturated/α-hetero) is 1. The molecule has 0 spiro atoms. The Morgan fingerprint density at radius 3 is 2.46 bits per heavy atom. The number of rotatable bonds is 8. The number of carbonyl (C=O) groups is 2. The topological polar surface area (TPSA) is 77.5 Å². The third-order valence-electron chi connectivity index (χ3n) is 2.91. The van der Waals surface area contributed by atoms with E-state index in [1.807, 2.05) is 34.6 Å². The number of pyridine rings is 1. The SMILES string of the molecule is CC(C)Oc1ccc(C(=O)CCCCNC(=O)OC(C)(C)C)cn1. The van der Waals surface area contributed by atoms with Crippen LogP contribution >= 0.6 is 0 Å². The largest absolute Gasteiger partial charge is 0.475 e. The number of unbranched alkanes of at least 4 members (excludes halogenated alkanes) is 1. The van der Waals surface area contributed by atoms with Crippen molar-refractivity contribution in [3.63, 3.8) is 0 Å². The predicted molar refractivity (Wildman–Crippen MR) is 92.4 cm³/mol. The number of hydrogen-bond acceptors (Lipinski definition) is 5. The standard InChI is InChI=1S/C18H28N2O4/c1-13(2)23-16-10-9-14(12-20-16)15(21)8-6-7-11-19-17(22)24-18(3,4)5/h9-10,12-13H,6-8,11H2,1-5H3,(H,19,22). The molecule has 0 aliphatic heterocycles. The Morgan fingerprint density at radius 2 is 1.92 bits per heavy atom. The minimum Gasteiger partial charge on any atom is -0.475 e. The van der Waals surface area contributed by atoms with Crippen molar-refractivity contribution >= 4 is 11.9 Å². The molecule has 1 aromatic heterocycles. The zero-order chi connectivity index (χ0) is 18.2. The Labute approximate surface area is 143 Å². The molecular weight excluding hydrogens is 308 g/mol. The normalized spacial score (nSPS) is 11.2. The average Bonchev–Trinajstić information content (AvgIpc) is 2.45. The summed E-state index contributed by atoms with van der Waals surface area (Å²) in [6.07, 6.45) is 2.99. The van der Waals surface area contributed by atoms with Crippen molar-refractivity contribution in [3.8, 4) is 5.88 Å². The van der Waals surface area contributed by atoms with Crippen molar-refractivity contribution in [3.05, 3.63) is 23.9 Å². The van der Waals surface area contributed by atoms with Crippen molar-refractivity contribution in [2.75, 3.05) is 6.54 Å². The molecule has 0 aromatic carbocycles. The second-order valence-corrected chi connectivity index (χ2v) is 6.86. The van der Waals surface area contributed by atoms with E-state index in [2.05, 4.69) is 10.3 Å². The predicted octanol–water partition coefficient (Wildman–Crippen LogP) is 3.75. The van der Waals surface area contributed by atoms with E-state index in [1.54, 1.807) is 18.3 Å². The highest BCUT2D eigenvalue weighted by Crippen LogP contribution is 2.12. The lowest BCUT2D eigenvalue weighted by Crippen LogP contribution is -2.33. The second-order valence-electron chi connectivity index (χ2n) is 6.86. The molecule has 0 aliphatic carbocycles. The summed E-state index contributed by atoms with van der Waals surface area (Å²) in [4.78, 5) is 27.7. The molecule has 1 amide bonds. The molecule has 0 saturated heterocycles. The van der Waals surface area contributed by atoms with E-state index in [4.69, 9.17) is 9.47 Å². The number of aromatic nitrogens is 1. The third-order valence-corrected chi connectivity index (χ3v) is 2.91. The number of nitrogens with zero attached hydrogens (tertiary/aromatic N) is 1. The summed E-state index contributed by atoms with van der Waals surface area (Å²) in [5.41, 5.74) is 0.0737. The first-order valence-corrected chi connectivity index (χ1v) is 8.30. The van der Waals surface area contributed by atoms with Gasteiger partial charge in [-0.1, -0.05) is 0 Å². The van der Waals surface area contributed by atoms with Crippen LogP contribution in [0.1, 0.15) is 64.2 Å². The van der Waals surface area contributed by atoms with Gasteiger partial charge in [0, 0.05) is 30.8 Å². The van der Waals surface area contributed by atoms with Gasteiger partial charge in [0.05, 0.1) is 6.10 Å². The smallest absolute Gasteiger partial charge is 0.407 e. The van der Waals surface area contributed by atoms with Crippen LogP contribution in [0.2, 0.25) is 0 Å². The summed E-state index contributed by atoms with van der Waals surface area (Å²) in [5, 5.41) is 2.68. The Kier molecular flexibility index (Phi) is 7.68. The number of hydrogen-bond donors (Lipinski definition) is 1. The first-order valence-electron chi connectivity index (χ1n) is 8.30. The van der Waals surface area contributed by atoms with Crippen molar-refractivity contribution in [1.82, 2.24) is 10.3 Å². The van der Waals surface area contributed by atoms with Gasteiger partial charge in [-0.3, -0.25) is 4.79 Å². The molecule has 0 bridgehead atoms. The molecule has 1 N–H and O–H groups in total. The van der Waals surface area contributed by atoms with Gasteiger partial charge in [-0.25, -0.2) is 9.78 Å². The molecule has 6 heteroatoms. The molecule has 134 valence electrons. The number of carbonyl (C=O) groups excluding carboxylic acids is 2. The summed E-state index contributed by atoms with van der Waals surface area (Å²) >= 11 is 0. The summed E-state index contributed by atoms with van der Waals surface area (Å²) in [5.74, 6) is 0.555. The van der Waals surface area contributed by atoms with E-state index in [0.717, 1.165) is 0 Å². The molecular formula is C18H28N2O4. The molecule has 1 rings (SSSR count). The van der Waals surface area contributed by atoms with E-state index >= 15 is 0 Å². The van der Waals surface area contributed by atoms with Crippen molar-refractivity contribution in [2.45, 2.75) is 65.6 Å². The van der Waals surface area contributed by atoms with Gasteiger partial charge in [0.2, 0.25) is 5.88 Å². The van der Waals surface area contributed by atoms with Crippen LogP contribution in [0.3, 0.4) is 0 Å². The van der Waals surface area contributed by atoms with E-state index in [1.165, 1.54) is 0 Å². The number of amides is 1. The Hall–Kier alpha value is -2.11. The molecule has 6 nitrogen and oxygen atoms in total. The quantitative estimate of drug-likeness (QED) is 0.578. The fourth-order valence-electron chi connectivity index (χ4n) is 1.92. The maximum Gasteiger partial charge on any atom is 0.407 e. The summed E-state index contributed by atoms with van der Waals surface area (Å²) in [7, 11) is 0. The highest BCUT2D eigenvalue weighted by atomic mass is 16.6. The fraction of sp³-hybridized carbons (Fsp3) is 0.611. The van der Waals surface area contributed by atoms with E-state index in [9.17, 15) is 9.59 Å². The summed E-state index contributed by atoms with van der Waals surface area (Å²) < 4.78 is 10.6. The minimum absolute atomic E-state index is 0.0378. The van der Waals surface area contributed by atoms with Crippen molar-refractivity contribution < 1.29 is 19.1 Å². The maximum absolute atomic E-state index is 12.1. The van der Waals surface area contributed by atoms with Crippen LogP contribution in [0.5, 0.6) is 5.88 Å². The zero-order valence-corrected chi connectivity index (χ0v) is 15.2. The van der Waals surface area contributed by atoms with Crippen LogP contribution in [0, 0.1) is 0 Å². The summed E-state index contributed by atoms with van der Waals surface area (Å²) in [6.45, 7) is 9.78. The summed E-state index contributed by atoms with van der Waals surface area (Å²) in [6, 6.07) is 3.43. The molecule has 24 heavy (non-hydrogen) atoms. The molecule has 1 heterocycles. The molecule has 0 aliphatic rings. The van der Waals surface area contributed by atoms with Crippen LogP contribution in [0.15, 0.2) is 18.3 Å². The molecule has 1 aromatic rings. The number of ketones is 1. The fourth-order valence-corrected chi connectivity index (χ4v) is 1.92. The van der Waals surface area contributed by atoms with E-state index in [0.29, 0.717) is 37.3 Å². The Balaban J connectivity index is 2.25. The lowest BCUT2D eigenvalue weighted by molar-refractivity contribution is 0.0527. The molecule has 0 fully saturated rings.